The molecule has 1 amide bonds. The van der Waals surface area contributed by atoms with Gasteiger partial charge in [0, 0.05) is 5.69 Å². The van der Waals surface area contributed by atoms with Gasteiger partial charge in [0.15, 0.2) is 0 Å². The summed E-state index contributed by atoms with van der Waals surface area (Å²) in [6.07, 6.45) is 0.214. The third kappa shape index (κ3) is 4.69. The van der Waals surface area contributed by atoms with Crippen molar-refractivity contribution in [1.82, 2.24) is 0 Å². The molecule has 0 heterocycles. The van der Waals surface area contributed by atoms with E-state index in [1.165, 1.54) is 12.1 Å². The quantitative estimate of drug-likeness (QED) is 0.690. The highest BCUT2D eigenvalue weighted by Crippen LogP contribution is 2.26. The molecule has 0 fully saturated rings. The molecule has 0 aliphatic carbocycles. The molecular weight excluding hydrogens is 354 g/mol. The number of hydrogen-bond donors (Lipinski definition) is 2. The molecule has 0 bridgehead atoms. The van der Waals surface area contributed by atoms with Crippen molar-refractivity contribution in [3.63, 3.8) is 0 Å². The Morgan fingerprint density at radius 1 is 1.12 bits per heavy atom. The Hall–Kier alpha value is -2.22. The van der Waals surface area contributed by atoms with Crippen LogP contribution < -0.4 is 5.32 Å². The summed E-state index contributed by atoms with van der Waals surface area (Å²) in [6, 6.07) is 15.0. The van der Waals surface area contributed by atoms with Crippen molar-refractivity contribution >= 4 is 21.7 Å². The fourth-order valence-corrected chi connectivity index (χ4v) is 3.29. The number of carbonyl (C=O) groups is 1. The Morgan fingerprint density at radius 2 is 1.73 bits per heavy atom. The van der Waals surface area contributed by atoms with Crippen molar-refractivity contribution < 1.29 is 22.5 Å². The molecule has 6 nitrogen and oxygen atoms in total. The molecule has 26 heavy (non-hydrogen) atoms. The van der Waals surface area contributed by atoms with E-state index in [-0.39, 0.29) is 11.3 Å². The van der Waals surface area contributed by atoms with Crippen LogP contribution in [0.3, 0.4) is 0 Å². The van der Waals surface area contributed by atoms with E-state index in [4.69, 9.17) is 4.18 Å². The van der Waals surface area contributed by atoms with E-state index in [9.17, 15) is 18.3 Å². The highest BCUT2D eigenvalue weighted by Gasteiger charge is 2.38. The first-order valence-corrected chi connectivity index (χ1v) is 9.67. The molecule has 0 radical (unpaired) electrons. The van der Waals surface area contributed by atoms with Gasteiger partial charge in [-0.2, -0.15) is 8.42 Å². The average molecular weight is 377 g/mol. The lowest BCUT2D eigenvalue weighted by atomic mass is 9.86. The number of aliphatic hydroxyl groups excluding tert-OH is 1. The number of aliphatic hydroxyl groups is 1. The first-order chi connectivity index (χ1) is 12.3. The number of para-hydroxylation sites is 1. The second-order valence-electron chi connectivity index (χ2n) is 6.14. The summed E-state index contributed by atoms with van der Waals surface area (Å²) in [5.74, 6) is -0.493. The van der Waals surface area contributed by atoms with Crippen molar-refractivity contribution in [1.29, 1.82) is 0 Å². The SMILES string of the molecule is CCC(CO)(COS(=O)(=O)c1ccc(C)cc1)C(=O)Nc1ccccc1. The number of carbonyl (C=O) groups excluding carboxylic acids is 1. The molecule has 2 aromatic carbocycles. The number of hydrogen-bond acceptors (Lipinski definition) is 5. The van der Waals surface area contributed by atoms with Gasteiger partial charge in [-0.05, 0) is 37.6 Å². The minimum absolute atomic E-state index is 0.00881. The maximum atomic E-state index is 12.6. The summed E-state index contributed by atoms with van der Waals surface area (Å²) in [4.78, 5) is 12.7. The third-order valence-corrected chi connectivity index (χ3v) is 5.57. The molecule has 0 saturated heterocycles. The second-order valence-corrected chi connectivity index (χ2v) is 7.76. The van der Waals surface area contributed by atoms with Crippen LogP contribution in [0.1, 0.15) is 18.9 Å². The number of aryl methyl sites for hydroxylation is 1. The van der Waals surface area contributed by atoms with Gasteiger partial charge >= 0.3 is 0 Å². The van der Waals surface area contributed by atoms with Gasteiger partial charge in [-0.3, -0.25) is 8.98 Å². The highest BCUT2D eigenvalue weighted by molar-refractivity contribution is 7.86. The molecule has 1 atom stereocenters. The van der Waals surface area contributed by atoms with Crippen LogP contribution in [0.2, 0.25) is 0 Å². The summed E-state index contributed by atoms with van der Waals surface area (Å²) in [5, 5.41) is 12.5. The molecule has 140 valence electrons. The first kappa shape index (κ1) is 20.1. The highest BCUT2D eigenvalue weighted by atomic mass is 32.2. The van der Waals surface area contributed by atoms with Crippen LogP contribution in [0.25, 0.3) is 0 Å². The monoisotopic (exact) mass is 377 g/mol. The zero-order chi connectivity index (χ0) is 19.2. The molecule has 7 heteroatoms. The molecule has 2 aromatic rings. The van der Waals surface area contributed by atoms with Gasteiger partial charge in [-0.1, -0.05) is 42.8 Å². The van der Waals surface area contributed by atoms with E-state index in [1.54, 1.807) is 43.3 Å². The van der Waals surface area contributed by atoms with Gasteiger partial charge in [0.25, 0.3) is 10.1 Å². The number of nitrogens with one attached hydrogen (secondary N) is 1. The molecular formula is C19H23NO5S. The summed E-state index contributed by atoms with van der Waals surface area (Å²) in [7, 11) is -4.03. The minimum Gasteiger partial charge on any atom is -0.395 e. The smallest absolute Gasteiger partial charge is 0.297 e. The topological polar surface area (TPSA) is 92.7 Å². The van der Waals surface area contributed by atoms with Crippen molar-refractivity contribution in [3.8, 4) is 0 Å². The van der Waals surface area contributed by atoms with E-state index in [0.717, 1.165) is 5.56 Å². The van der Waals surface area contributed by atoms with Crippen LogP contribution in [0, 0.1) is 12.3 Å². The zero-order valence-electron chi connectivity index (χ0n) is 14.8. The molecule has 0 saturated carbocycles. The number of benzene rings is 2. The Morgan fingerprint density at radius 3 is 2.27 bits per heavy atom. The average Bonchev–Trinajstić information content (AvgIpc) is 2.64. The van der Waals surface area contributed by atoms with Crippen molar-refractivity contribution in [2.75, 3.05) is 18.5 Å². The Balaban J connectivity index is 2.16. The van der Waals surface area contributed by atoms with Crippen LogP contribution in [-0.2, 0) is 19.1 Å². The van der Waals surface area contributed by atoms with E-state index < -0.39 is 34.7 Å². The Kier molecular flexibility index (Phi) is 6.52. The lowest BCUT2D eigenvalue weighted by Gasteiger charge is -2.28. The van der Waals surface area contributed by atoms with E-state index in [0.29, 0.717) is 5.69 Å². The lowest BCUT2D eigenvalue weighted by molar-refractivity contribution is -0.130. The van der Waals surface area contributed by atoms with E-state index in [2.05, 4.69) is 5.32 Å². The molecule has 1 unspecified atom stereocenters. The predicted molar refractivity (Wildman–Crippen MR) is 99.2 cm³/mol. The molecule has 0 aliphatic rings. The third-order valence-electron chi connectivity index (χ3n) is 4.29. The van der Waals surface area contributed by atoms with Crippen LogP contribution in [0.5, 0.6) is 0 Å². The largest absolute Gasteiger partial charge is 0.395 e. The maximum absolute atomic E-state index is 12.6. The van der Waals surface area contributed by atoms with Gasteiger partial charge in [0.05, 0.1) is 23.5 Å². The van der Waals surface area contributed by atoms with Crippen LogP contribution in [0.15, 0.2) is 59.5 Å². The molecule has 0 aromatic heterocycles. The summed E-state index contributed by atoms with van der Waals surface area (Å²) in [5.41, 5.74) is 0.114. The Bertz CT molecular complexity index is 828. The fraction of sp³-hybridized carbons (Fsp3) is 0.316. The minimum atomic E-state index is -4.03. The fourth-order valence-electron chi connectivity index (χ4n) is 2.31. The van der Waals surface area contributed by atoms with Gasteiger partial charge in [0.1, 0.15) is 0 Å². The molecule has 2 rings (SSSR count). The number of amides is 1. The predicted octanol–water partition coefficient (Wildman–Crippen LogP) is 2.73. The Labute approximate surface area is 153 Å². The van der Waals surface area contributed by atoms with E-state index >= 15 is 0 Å². The number of rotatable bonds is 8. The van der Waals surface area contributed by atoms with Crippen molar-refractivity contribution in [2.45, 2.75) is 25.2 Å². The normalized spacial score (nSPS) is 13.8. The second kappa shape index (κ2) is 8.44. The summed E-state index contributed by atoms with van der Waals surface area (Å²) in [6.45, 7) is 2.56. The van der Waals surface area contributed by atoms with E-state index in [1.807, 2.05) is 13.0 Å². The molecule has 0 spiro atoms. The standard InChI is InChI=1S/C19H23NO5S/c1-3-19(13-21,18(22)20-16-7-5-4-6-8-16)14-25-26(23,24)17-11-9-15(2)10-12-17/h4-12,21H,3,13-14H2,1-2H3,(H,20,22). The van der Waals surface area contributed by atoms with Crippen LogP contribution >= 0.6 is 0 Å². The van der Waals surface area contributed by atoms with Crippen LogP contribution in [-0.4, -0.2) is 32.6 Å². The first-order valence-electron chi connectivity index (χ1n) is 8.26. The van der Waals surface area contributed by atoms with Gasteiger partial charge in [-0.15, -0.1) is 0 Å². The van der Waals surface area contributed by atoms with Gasteiger partial charge in [0.2, 0.25) is 5.91 Å². The zero-order valence-corrected chi connectivity index (χ0v) is 15.6. The summed E-state index contributed by atoms with van der Waals surface area (Å²) < 4.78 is 29.8. The van der Waals surface area contributed by atoms with Gasteiger partial charge in [-0.25, -0.2) is 0 Å². The maximum Gasteiger partial charge on any atom is 0.297 e. The number of anilines is 1. The van der Waals surface area contributed by atoms with Crippen LogP contribution in [0.4, 0.5) is 5.69 Å². The molecule has 2 N–H and O–H groups in total. The van der Waals surface area contributed by atoms with Gasteiger partial charge < -0.3 is 10.4 Å². The van der Waals surface area contributed by atoms with Crippen molar-refractivity contribution in [3.05, 3.63) is 60.2 Å². The summed E-state index contributed by atoms with van der Waals surface area (Å²) >= 11 is 0. The molecule has 0 aliphatic heterocycles. The van der Waals surface area contributed by atoms with Crippen molar-refractivity contribution in [2.24, 2.45) is 5.41 Å². The lowest BCUT2D eigenvalue weighted by Crippen LogP contribution is -2.43.